The number of aryl methyl sites for hydroxylation is 1. The van der Waals surface area contributed by atoms with E-state index in [0.717, 1.165) is 0 Å². The van der Waals surface area contributed by atoms with Gasteiger partial charge in [0, 0.05) is 19.5 Å². The van der Waals surface area contributed by atoms with E-state index >= 15 is 0 Å². The molecule has 0 aromatic heterocycles. The number of likely N-dealkylation sites (tertiary alicyclic amines) is 1. The molecule has 1 aliphatic heterocycles. The zero-order valence-corrected chi connectivity index (χ0v) is 15.2. The van der Waals surface area contributed by atoms with Crippen LogP contribution in [0.3, 0.4) is 0 Å². The third kappa shape index (κ3) is 5.03. The quantitative estimate of drug-likeness (QED) is 0.788. The first-order chi connectivity index (χ1) is 11.3. The van der Waals surface area contributed by atoms with Crippen molar-refractivity contribution >= 4 is 15.7 Å². The number of sulfone groups is 1. The number of carbonyl (C=O) groups is 1. The van der Waals surface area contributed by atoms with Gasteiger partial charge in [-0.05, 0) is 36.8 Å². The summed E-state index contributed by atoms with van der Waals surface area (Å²) in [6.45, 7) is 4.74. The van der Waals surface area contributed by atoms with Gasteiger partial charge in [0.1, 0.15) is 5.82 Å². The number of amides is 1. The van der Waals surface area contributed by atoms with Crippen molar-refractivity contribution in [1.82, 2.24) is 4.90 Å². The number of hydrogen-bond acceptors (Lipinski definition) is 3. The number of piperidine rings is 1. The lowest BCUT2D eigenvalue weighted by molar-refractivity contribution is -0.132. The zero-order valence-electron chi connectivity index (χ0n) is 14.4. The Labute approximate surface area is 144 Å². The van der Waals surface area contributed by atoms with Gasteiger partial charge in [0.25, 0.3) is 0 Å². The maximum absolute atomic E-state index is 13.6. The van der Waals surface area contributed by atoms with E-state index in [2.05, 4.69) is 0 Å². The normalized spacial score (nSPS) is 16.6. The molecule has 0 radical (unpaired) electrons. The van der Waals surface area contributed by atoms with Gasteiger partial charge in [0.15, 0.2) is 9.84 Å². The van der Waals surface area contributed by atoms with Crippen molar-refractivity contribution in [3.05, 3.63) is 35.6 Å². The monoisotopic (exact) mass is 355 g/mol. The maximum atomic E-state index is 13.6. The summed E-state index contributed by atoms with van der Waals surface area (Å²) in [4.78, 5) is 14.0. The van der Waals surface area contributed by atoms with Crippen LogP contribution >= 0.6 is 0 Å². The van der Waals surface area contributed by atoms with E-state index in [-0.39, 0.29) is 35.1 Å². The summed E-state index contributed by atoms with van der Waals surface area (Å²) in [6.07, 6.45) is 1.63. The van der Waals surface area contributed by atoms with E-state index in [4.69, 9.17) is 0 Å². The van der Waals surface area contributed by atoms with Gasteiger partial charge in [-0.3, -0.25) is 4.79 Å². The molecule has 1 fully saturated rings. The van der Waals surface area contributed by atoms with Crippen LogP contribution in [0.5, 0.6) is 0 Å². The highest BCUT2D eigenvalue weighted by atomic mass is 32.2. The molecule has 1 saturated heterocycles. The topological polar surface area (TPSA) is 54.5 Å². The highest BCUT2D eigenvalue weighted by Gasteiger charge is 2.31. The van der Waals surface area contributed by atoms with E-state index in [0.29, 0.717) is 37.9 Å². The van der Waals surface area contributed by atoms with Crippen molar-refractivity contribution < 1.29 is 17.6 Å². The van der Waals surface area contributed by atoms with Crippen LogP contribution in [-0.4, -0.2) is 43.3 Å². The lowest BCUT2D eigenvalue weighted by atomic mass is 10.1. The molecule has 1 amide bonds. The van der Waals surface area contributed by atoms with Crippen molar-refractivity contribution in [2.75, 3.05) is 18.8 Å². The average Bonchev–Trinajstić information content (AvgIpc) is 2.53. The number of nitrogens with zero attached hydrogens (tertiary/aromatic N) is 1. The Balaban J connectivity index is 1.84. The van der Waals surface area contributed by atoms with Crippen molar-refractivity contribution in [3.63, 3.8) is 0 Å². The summed E-state index contributed by atoms with van der Waals surface area (Å²) >= 11 is 0. The molecule has 0 N–H and O–H groups in total. The van der Waals surface area contributed by atoms with Gasteiger partial charge >= 0.3 is 0 Å². The van der Waals surface area contributed by atoms with Gasteiger partial charge in [0.2, 0.25) is 5.91 Å². The molecule has 0 atom stereocenters. The molecular formula is C18H26FNO3S. The molecule has 4 nitrogen and oxygen atoms in total. The van der Waals surface area contributed by atoms with Gasteiger partial charge in [-0.15, -0.1) is 0 Å². The van der Waals surface area contributed by atoms with Gasteiger partial charge in [0.05, 0.1) is 11.0 Å². The molecule has 1 heterocycles. The molecule has 0 unspecified atom stereocenters. The van der Waals surface area contributed by atoms with Gasteiger partial charge < -0.3 is 4.90 Å². The fourth-order valence-corrected chi connectivity index (χ4v) is 5.30. The Morgan fingerprint density at radius 1 is 1.25 bits per heavy atom. The maximum Gasteiger partial charge on any atom is 0.222 e. The predicted octanol–water partition coefficient (Wildman–Crippen LogP) is 2.82. The third-order valence-corrected chi connectivity index (χ3v) is 7.05. The Morgan fingerprint density at radius 2 is 1.88 bits per heavy atom. The molecule has 2 rings (SSSR count). The van der Waals surface area contributed by atoms with E-state index in [9.17, 15) is 17.6 Å². The van der Waals surface area contributed by atoms with Crippen molar-refractivity contribution in [2.24, 2.45) is 5.92 Å². The van der Waals surface area contributed by atoms with E-state index in [1.807, 2.05) is 13.8 Å². The Bertz CT molecular complexity index is 665. The van der Waals surface area contributed by atoms with Crippen LogP contribution in [0.15, 0.2) is 24.3 Å². The number of rotatable bonds is 6. The summed E-state index contributed by atoms with van der Waals surface area (Å²) in [5, 5.41) is -0.337. The molecular weight excluding hydrogens is 329 g/mol. The van der Waals surface area contributed by atoms with Gasteiger partial charge in [-0.1, -0.05) is 32.0 Å². The van der Waals surface area contributed by atoms with E-state index in [1.54, 1.807) is 23.1 Å². The van der Waals surface area contributed by atoms with Crippen LogP contribution in [0.4, 0.5) is 4.39 Å². The Morgan fingerprint density at radius 3 is 2.46 bits per heavy atom. The lowest BCUT2D eigenvalue weighted by Crippen LogP contribution is -2.43. The Kier molecular flexibility index (Phi) is 6.38. The van der Waals surface area contributed by atoms with Gasteiger partial charge in [-0.25, -0.2) is 12.8 Å². The van der Waals surface area contributed by atoms with Crippen molar-refractivity contribution in [1.29, 1.82) is 0 Å². The second kappa shape index (κ2) is 8.10. The summed E-state index contributed by atoms with van der Waals surface area (Å²) < 4.78 is 38.1. The molecule has 134 valence electrons. The zero-order chi connectivity index (χ0) is 17.7. The molecule has 24 heavy (non-hydrogen) atoms. The summed E-state index contributed by atoms with van der Waals surface area (Å²) in [5.41, 5.74) is 0.542. The van der Waals surface area contributed by atoms with Crippen LogP contribution < -0.4 is 0 Å². The third-order valence-electron chi connectivity index (χ3n) is 4.43. The second-order valence-corrected chi connectivity index (χ2v) is 9.22. The van der Waals surface area contributed by atoms with Crippen LogP contribution in [0.1, 0.15) is 38.7 Å². The summed E-state index contributed by atoms with van der Waals surface area (Å²) in [5.74, 6) is 0.0102. The number of halogens is 1. The fraction of sp³-hybridized carbons (Fsp3) is 0.611. The van der Waals surface area contributed by atoms with Crippen LogP contribution in [0.2, 0.25) is 0 Å². The molecule has 0 bridgehead atoms. The molecule has 1 aliphatic rings. The molecule has 1 aromatic rings. The van der Waals surface area contributed by atoms with E-state index < -0.39 is 9.84 Å². The van der Waals surface area contributed by atoms with Crippen LogP contribution in [-0.2, 0) is 21.1 Å². The number of carbonyl (C=O) groups excluding carboxylic acids is 1. The predicted molar refractivity (Wildman–Crippen MR) is 92.9 cm³/mol. The standard InChI is InChI=1S/C18H26FNO3S/c1-14(2)13-24(22,23)16-9-11-20(12-10-16)18(21)8-7-15-5-3-4-6-17(15)19/h3-6,14,16H,7-13H2,1-2H3. The molecule has 0 saturated carbocycles. The van der Waals surface area contributed by atoms with Gasteiger partial charge in [-0.2, -0.15) is 0 Å². The fourth-order valence-electron chi connectivity index (χ4n) is 3.17. The highest BCUT2D eigenvalue weighted by molar-refractivity contribution is 7.92. The van der Waals surface area contributed by atoms with Crippen molar-refractivity contribution in [2.45, 2.75) is 44.8 Å². The minimum atomic E-state index is -3.08. The van der Waals surface area contributed by atoms with Crippen LogP contribution in [0, 0.1) is 11.7 Å². The summed E-state index contributed by atoms with van der Waals surface area (Å²) in [6, 6.07) is 6.47. The molecule has 0 spiro atoms. The SMILES string of the molecule is CC(C)CS(=O)(=O)C1CCN(C(=O)CCc2ccccc2F)CC1. The smallest absolute Gasteiger partial charge is 0.222 e. The molecule has 0 aliphatic carbocycles. The summed E-state index contributed by atoms with van der Waals surface area (Å²) in [7, 11) is -3.08. The number of benzene rings is 1. The minimum absolute atomic E-state index is 0.0297. The van der Waals surface area contributed by atoms with Crippen LogP contribution in [0.25, 0.3) is 0 Å². The van der Waals surface area contributed by atoms with Crippen molar-refractivity contribution in [3.8, 4) is 0 Å². The second-order valence-electron chi connectivity index (χ2n) is 6.89. The lowest BCUT2D eigenvalue weighted by Gasteiger charge is -2.32. The largest absolute Gasteiger partial charge is 0.343 e. The molecule has 6 heteroatoms. The first-order valence-electron chi connectivity index (χ1n) is 8.52. The average molecular weight is 355 g/mol. The first kappa shape index (κ1) is 18.9. The highest BCUT2D eigenvalue weighted by Crippen LogP contribution is 2.21. The Hall–Kier alpha value is -1.43. The minimum Gasteiger partial charge on any atom is -0.343 e. The first-order valence-corrected chi connectivity index (χ1v) is 10.2. The molecule has 1 aromatic carbocycles. The number of hydrogen-bond donors (Lipinski definition) is 0. The van der Waals surface area contributed by atoms with E-state index in [1.165, 1.54) is 6.07 Å².